The minimum atomic E-state index is -0.688. The maximum atomic E-state index is 13.4. The lowest BCUT2D eigenvalue weighted by Crippen LogP contribution is -2.50. The highest BCUT2D eigenvalue weighted by molar-refractivity contribution is 6.07. The van der Waals surface area contributed by atoms with Gasteiger partial charge in [-0.2, -0.15) is 0 Å². The summed E-state index contributed by atoms with van der Waals surface area (Å²) in [5.41, 5.74) is 1.09. The van der Waals surface area contributed by atoms with Crippen LogP contribution in [0.15, 0.2) is 18.2 Å². The van der Waals surface area contributed by atoms with E-state index in [1.54, 1.807) is 20.8 Å². The first kappa shape index (κ1) is 24.5. The summed E-state index contributed by atoms with van der Waals surface area (Å²) in [6, 6.07) is 4.88. The molecule has 1 spiro atoms. The molecule has 0 radical (unpaired) electrons. The van der Waals surface area contributed by atoms with Crippen molar-refractivity contribution in [3.8, 4) is 0 Å². The SMILES string of the molecule is CC1CCC([C@H](NC(=O)OC(C)(C)C)C(=O)Nc2ccc3c(c2)NC(=O)C32CCOCC2)CC1. The molecule has 1 aromatic rings. The number of fused-ring (bicyclic) bond motifs is 2. The van der Waals surface area contributed by atoms with Crippen LogP contribution in [0.25, 0.3) is 0 Å². The molecule has 3 N–H and O–H groups in total. The molecule has 8 nitrogen and oxygen atoms in total. The Balaban J connectivity index is 1.50. The Morgan fingerprint density at radius 2 is 1.82 bits per heavy atom. The van der Waals surface area contributed by atoms with Crippen molar-refractivity contribution >= 4 is 29.3 Å². The Morgan fingerprint density at radius 3 is 2.47 bits per heavy atom. The number of hydrogen-bond donors (Lipinski definition) is 3. The predicted molar refractivity (Wildman–Crippen MR) is 130 cm³/mol. The topological polar surface area (TPSA) is 106 Å². The highest BCUT2D eigenvalue weighted by Gasteiger charge is 2.47. The summed E-state index contributed by atoms with van der Waals surface area (Å²) in [7, 11) is 0. The van der Waals surface area contributed by atoms with E-state index in [1.165, 1.54) is 0 Å². The Hall–Kier alpha value is -2.61. The van der Waals surface area contributed by atoms with Gasteiger partial charge in [0.15, 0.2) is 0 Å². The van der Waals surface area contributed by atoms with Crippen molar-refractivity contribution in [3.05, 3.63) is 23.8 Å². The fourth-order valence-corrected chi connectivity index (χ4v) is 5.39. The summed E-state index contributed by atoms with van der Waals surface area (Å²) < 4.78 is 10.9. The molecule has 1 aliphatic carbocycles. The average molecular weight is 472 g/mol. The minimum absolute atomic E-state index is 0.00456. The number of amides is 3. The smallest absolute Gasteiger partial charge is 0.408 e. The largest absolute Gasteiger partial charge is 0.444 e. The van der Waals surface area contributed by atoms with E-state index in [2.05, 4.69) is 22.9 Å². The number of alkyl carbamates (subject to hydrolysis) is 1. The number of carbonyl (C=O) groups excluding carboxylic acids is 3. The molecular formula is C26H37N3O5. The summed E-state index contributed by atoms with van der Waals surface area (Å²) in [4.78, 5) is 38.7. The van der Waals surface area contributed by atoms with E-state index in [4.69, 9.17) is 9.47 Å². The van der Waals surface area contributed by atoms with Gasteiger partial charge in [0, 0.05) is 24.6 Å². The van der Waals surface area contributed by atoms with Crippen molar-refractivity contribution in [2.24, 2.45) is 11.8 Å². The zero-order valence-electron chi connectivity index (χ0n) is 20.7. The van der Waals surface area contributed by atoms with Crippen LogP contribution in [0.2, 0.25) is 0 Å². The van der Waals surface area contributed by atoms with Crippen LogP contribution in [0.1, 0.15) is 71.8 Å². The molecule has 1 saturated heterocycles. The molecule has 0 bridgehead atoms. The van der Waals surface area contributed by atoms with Gasteiger partial charge in [0.25, 0.3) is 0 Å². The number of ether oxygens (including phenoxy) is 2. The van der Waals surface area contributed by atoms with E-state index >= 15 is 0 Å². The van der Waals surface area contributed by atoms with Gasteiger partial charge in [0.05, 0.1) is 5.41 Å². The Kier molecular flexibility index (Phi) is 6.90. The monoisotopic (exact) mass is 471 g/mol. The molecule has 3 aliphatic rings. The van der Waals surface area contributed by atoms with Crippen LogP contribution in [0.5, 0.6) is 0 Å². The van der Waals surface area contributed by atoms with E-state index in [9.17, 15) is 14.4 Å². The normalized spacial score (nSPS) is 24.6. The molecule has 1 saturated carbocycles. The van der Waals surface area contributed by atoms with Gasteiger partial charge in [-0.15, -0.1) is 0 Å². The van der Waals surface area contributed by atoms with Crippen LogP contribution >= 0.6 is 0 Å². The van der Waals surface area contributed by atoms with Gasteiger partial charge in [-0.1, -0.05) is 25.8 Å². The second-order valence-electron chi connectivity index (χ2n) is 11.0. The van der Waals surface area contributed by atoms with Gasteiger partial charge in [0.1, 0.15) is 11.6 Å². The third-order valence-corrected chi connectivity index (χ3v) is 7.32. The molecule has 0 unspecified atom stereocenters. The summed E-state index contributed by atoms with van der Waals surface area (Å²) in [5, 5.41) is 8.79. The van der Waals surface area contributed by atoms with Crippen LogP contribution in [-0.4, -0.2) is 42.8 Å². The van der Waals surface area contributed by atoms with E-state index in [1.807, 2.05) is 18.2 Å². The highest BCUT2D eigenvalue weighted by atomic mass is 16.6. The second-order valence-corrected chi connectivity index (χ2v) is 11.0. The van der Waals surface area contributed by atoms with Crippen molar-refractivity contribution in [2.75, 3.05) is 23.8 Å². The van der Waals surface area contributed by atoms with Crippen molar-refractivity contribution in [1.82, 2.24) is 5.32 Å². The number of anilines is 2. The summed E-state index contributed by atoms with van der Waals surface area (Å²) in [5.74, 6) is 0.396. The van der Waals surface area contributed by atoms with Crippen LogP contribution in [-0.2, 0) is 24.5 Å². The molecule has 3 amide bonds. The quantitative estimate of drug-likeness (QED) is 0.606. The highest BCUT2D eigenvalue weighted by Crippen LogP contribution is 2.45. The van der Waals surface area contributed by atoms with Crippen molar-refractivity contribution in [3.63, 3.8) is 0 Å². The van der Waals surface area contributed by atoms with Crippen LogP contribution in [0.4, 0.5) is 16.2 Å². The molecule has 0 aromatic heterocycles. The standard InChI is InChI=1S/C26H37N3O5/c1-16-5-7-17(8-6-16)21(29-24(32)34-25(2,3)4)22(30)27-18-9-10-19-20(15-18)28-23(31)26(19)11-13-33-14-12-26/h9-10,15-17,21H,5-8,11-14H2,1-4H3,(H,27,30)(H,28,31)(H,29,32)/t16?,17?,21-/m0/s1. The average Bonchev–Trinajstić information content (AvgIpc) is 3.02. The Morgan fingerprint density at radius 1 is 1.15 bits per heavy atom. The first-order valence-corrected chi connectivity index (χ1v) is 12.4. The Labute approximate surface area is 201 Å². The van der Waals surface area contributed by atoms with Gasteiger partial charge in [-0.05, 0) is 76.0 Å². The fourth-order valence-electron chi connectivity index (χ4n) is 5.39. The Bertz CT molecular complexity index is 940. The fraction of sp³-hybridized carbons (Fsp3) is 0.654. The van der Waals surface area contributed by atoms with Crippen LogP contribution < -0.4 is 16.0 Å². The summed E-state index contributed by atoms with van der Waals surface area (Å²) in [6.07, 6.45) is 4.52. The maximum absolute atomic E-state index is 13.4. The third-order valence-electron chi connectivity index (χ3n) is 7.32. The first-order valence-electron chi connectivity index (χ1n) is 12.4. The van der Waals surface area contributed by atoms with Crippen molar-refractivity contribution in [2.45, 2.75) is 83.3 Å². The number of benzene rings is 1. The molecule has 4 rings (SSSR count). The third kappa shape index (κ3) is 5.22. The van der Waals surface area contributed by atoms with Gasteiger partial charge >= 0.3 is 6.09 Å². The lowest BCUT2D eigenvalue weighted by molar-refractivity contribution is -0.124. The number of carbonyl (C=O) groups is 3. The van der Waals surface area contributed by atoms with E-state index in [0.29, 0.717) is 37.7 Å². The van der Waals surface area contributed by atoms with Crippen LogP contribution in [0, 0.1) is 11.8 Å². The first-order chi connectivity index (χ1) is 16.1. The van der Waals surface area contributed by atoms with Gasteiger partial charge in [0.2, 0.25) is 11.8 Å². The number of hydrogen-bond acceptors (Lipinski definition) is 5. The summed E-state index contributed by atoms with van der Waals surface area (Å²) >= 11 is 0. The van der Waals surface area contributed by atoms with Gasteiger partial charge in [-0.3, -0.25) is 9.59 Å². The van der Waals surface area contributed by atoms with E-state index < -0.39 is 23.2 Å². The van der Waals surface area contributed by atoms with Crippen LogP contribution in [0.3, 0.4) is 0 Å². The zero-order chi connectivity index (χ0) is 24.5. The predicted octanol–water partition coefficient (Wildman–Crippen LogP) is 4.35. The molecule has 8 heteroatoms. The lowest BCUT2D eigenvalue weighted by Gasteiger charge is -2.33. The van der Waals surface area contributed by atoms with Crippen molar-refractivity contribution in [1.29, 1.82) is 0 Å². The molecule has 2 aliphatic heterocycles. The maximum Gasteiger partial charge on any atom is 0.408 e. The number of nitrogens with one attached hydrogen (secondary N) is 3. The summed E-state index contributed by atoms with van der Waals surface area (Å²) in [6.45, 7) is 8.74. The van der Waals surface area contributed by atoms with Crippen molar-refractivity contribution < 1.29 is 23.9 Å². The number of rotatable bonds is 4. The lowest BCUT2D eigenvalue weighted by atomic mass is 9.75. The zero-order valence-corrected chi connectivity index (χ0v) is 20.7. The van der Waals surface area contributed by atoms with Gasteiger partial charge < -0.3 is 25.4 Å². The molecule has 2 fully saturated rings. The van der Waals surface area contributed by atoms with E-state index in [0.717, 1.165) is 36.9 Å². The molecule has 2 heterocycles. The molecule has 1 aromatic carbocycles. The van der Waals surface area contributed by atoms with E-state index in [-0.39, 0.29) is 17.7 Å². The molecule has 186 valence electrons. The molecule has 1 atom stereocenters. The minimum Gasteiger partial charge on any atom is -0.444 e. The van der Waals surface area contributed by atoms with Gasteiger partial charge in [-0.25, -0.2) is 4.79 Å². The molecular weight excluding hydrogens is 434 g/mol. The second kappa shape index (κ2) is 9.56. The molecule has 34 heavy (non-hydrogen) atoms.